The molecule has 0 bridgehead atoms. The average Bonchev–Trinajstić information content (AvgIpc) is 2.78. The van der Waals surface area contributed by atoms with E-state index >= 15 is 0 Å². The first kappa shape index (κ1) is 14.3. The van der Waals surface area contributed by atoms with Crippen molar-refractivity contribution < 1.29 is 0 Å². The standard InChI is InChI=1S/C12H27N5/c1-10(8-9-17(2)3)14-12(16-13)15-11-6-4-5-7-11/h10-11H,4-9,13H2,1-3H3,(H2,14,15,16). The van der Waals surface area contributed by atoms with E-state index in [0.29, 0.717) is 12.1 Å². The number of nitrogens with zero attached hydrogens (tertiary/aromatic N) is 2. The molecule has 5 nitrogen and oxygen atoms in total. The van der Waals surface area contributed by atoms with Gasteiger partial charge in [-0.1, -0.05) is 12.8 Å². The fraction of sp³-hybridized carbons (Fsp3) is 0.917. The third-order valence-corrected chi connectivity index (χ3v) is 3.17. The number of hydrogen-bond acceptors (Lipinski definition) is 3. The summed E-state index contributed by atoms with van der Waals surface area (Å²) in [7, 11) is 4.17. The molecule has 0 saturated heterocycles. The zero-order valence-electron chi connectivity index (χ0n) is 11.4. The first-order chi connectivity index (χ1) is 8.11. The first-order valence-electron chi connectivity index (χ1n) is 6.57. The summed E-state index contributed by atoms with van der Waals surface area (Å²) in [6.45, 7) is 3.22. The van der Waals surface area contributed by atoms with Crippen LogP contribution in [0.4, 0.5) is 0 Å². The van der Waals surface area contributed by atoms with Crippen LogP contribution in [-0.2, 0) is 0 Å². The van der Waals surface area contributed by atoms with Crippen molar-refractivity contribution in [1.29, 1.82) is 0 Å². The molecule has 0 aromatic rings. The second-order valence-corrected chi connectivity index (χ2v) is 5.20. The van der Waals surface area contributed by atoms with Crippen LogP contribution in [0.15, 0.2) is 4.99 Å². The van der Waals surface area contributed by atoms with E-state index in [1.54, 1.807) is 0 Å². The first-order valence-corrected chi connectivity index (χ1v) is 6.57. The van der Waals surface area contributed by atoms with Gasteiger partial charge in [-0.2, -0.15) is 0 Å². The highest BCUT2D eigenvalue weighted by molar-refractivity contribution is 5.79. The number of aliphatic imine (C=N–C) groups is 1. The molecular weight excluding hydrogens is 214 g/mol. The molecule has 1 saturated carbocycles. The van der Waals surface area contributed by atoms with Gasteiger partial charge in [0.2, 0.25) is 5.96 Å². The summed E-state index contributed by atoms with van der Waals surface area (Å²) in [6.07, 6.45) is 6.06. The Morgan fingerprint density at radius 2 is 2.06 bits per heavy atom. The van der Waals surface area contributed by atoms with Crippen LogP contribution in [0.25, 0.3) is 0 Å². The van der Waals surface area contributed by atoms with Gasteiger partial charge >= 0.3 is 0 Å². The van der Waals surface area contributed by atoms with Gasteiger partial charge in [-0.15, -0.1) is 0 Å². The Balaban J connectivity index is 2.34. The van der Waals surface area contributed by atoms with Gasteiger partial charge in [0.05, 0.1) is 6.04 Å². The molecule has 100 valence electrons. The van der Waals surface area contributed by atoms with Crippen LogP contribution in [0.5, 0.6) is 0 Å². The molecule has 1 atom stereocenters. The summed E-state index contributed by atoms with van der Waals surface area (Å²) in [4.78, 5) is 6.80. The van der Waals surface area contributed by atoms with Gasteiger partial charge < -0.3 is 10.2 Å². The summed E-state index contributed by atoms with van der Waals surface area (Å²) < 4.78 is 0. The molecule has 0 radical (unpaired) electrons. The second kappa shape index (κ2) is 7.50. The molecule has 0 aliphatic heterocycles. The van der Waals surface area contributed by atoms with Crippen molar-refractivity contribution in [1.82, 2.24) is 15.6 Å². The van der Waals surface area contributed by atoms with Crippen LogP contribution in [0.1, 0.15) is 39.0 Å². The zero-order chi connectivity index (χ0) is 12.7. The largest absolute Gasteiger partial charge is 0.353 e. The molecule has 1 rings (SSSR count). The van der Waals surface area contributed by atoms with Gasteiger partial charge in [0.25, 0.3) is 0 Å². The Bertz CT molecular complexity index is 233. The number of guanidine groups is 1. The van der Waals surface area contributed by atoms with Gasteiger partial charge in [-0.25, -0.2) is 10.8 Å². The Kier molecular flexibility index (Phi) is 6.29. The van der Waals surface area contributed by atoms with Crippen LogP contribution in [0.2, 0.25) is 0 Å². The molecule has 1 fully saturated rings. The summed E-state index contributed by atoms with van der Waals surface area (Å²) in [5, 5.41) is 3.34. The minimum Gasteiger partial charge on any atom is -0.353 e. The fourth-order valence-corrected chi connectivity index (χ4v) is 2.09. The Hall–Kier alpha value is -0.810. The summed E-state index contributed by atoms with van der Waals surface area (Å²) in [5.74, 6) is 6.24. The van der Waals surface area contributed by atoms with Crippen LogP contribution < -0.4 is 16.6 Å². The number of rotatable bonds is 5. The van der Waals surface area contributed by atoms with E-state index in [1.807, 2.05) is 0 Å². The highest BCUT2D eigenvalue weighted by Crippen LogP contribution is 2.20. The van der Waals surface area contributed by atoms with Gasteiger partial charge in [-0.05, 0) is 46.8 Å². The maximum atomic E-state index is 5.50. The van der Waals surface area contributed by atoms with Gasteiger partial charge in [0.15, 0.2) is 0 Å². The summed E-state index contributed by atoms with van der Waals surface area (Å²) in [5.41, 5.74) is 2.67. The molecule has 0 amide bonds. The molecule has 0 spiro atoms. The van der Waals surface area contributed by atoms with E-state index in [9.17, 15) is 0 Å². The van der Waals surface area contributed by atoms with E-state index < -0.39 is 0 Å². The lowest BCUT2D eigenvalue weighted by Crippen LogP contribution is -2.46. The summed E-state index contributed by atoms with van der Waals surface area (Å²) in [6, 6.07) is 0.836. The van der Waals surface area contributed by atoms with E-state index in [0.717, 1.165) is 18.9 Å². The molecule has 0 aromatic carbocycles. The van der Waals surface area contributed by atoms with E-state index in [1.165, 1.54) is 25.7 Å². The molecule has 0 heterocycles. The van der Waals surface area contributed by atoms with Gasteiger partial charge in [0, 0.05) is 6.04 Å². The molecule has 1 unspecified atom stereocenters. The van der Waals surface area contributed by atoms with Crippen LogP contribution >= 0.6 is 0 Å². The van der Waals surface area contributed by atoms with Crippen LogP contribution in [0.3, 0.4) is 0 Å². The van der Waals surface area contributed by atoms with Crippen molar-refractivity contribution in [2.24, 2.45) is 10.8 Å². The lowest BCUT2D eigenvalue weighted by molar-refractivity contribution is 0.378. The smallest absolute Gasteiger partial charge is 0.206 e. The van der Waals surface area contributed by atoms with Crippen molar-refractivity contribution in [2.75, 3.05) is 20.6 Å². The zero-order valence-corrected chi connectivity index (χ0v) is 11.4. The number of hydrogen-bond donors (Lipinski definition) is 3. The van der Waals surface area contributed by atoms with Crippen LogP contribution in [0, 0.1) is 0 Å². The van der Waals surface area contributed by atoms with Gasteiger partial charge in [0.1, 0.15) is 0 Å². The Morgan fingerprint density at radius 3 is 2.59 bits per heavy atom. The number of hydrazine groups is 1. The lowest BCUT2D eigenvalue weighted by atomic mass is 10.2. The highest BCUT2D eigenvalue weighted by Gasteiger charge is 2.15. The maximum absolute atomic E-state index is 5.50. The van der Waals surface area contributed by atoms with Crippen molar-refractivity contribution in [2.45, 2.75) is 51.1 Å². The van der Waals surface area contributed by atoms with Crippen molar-refractivity contribution >= 4 is 5.96 Å². The van der Waals surface area contributed by atoms with E-state index in [2.05, 4.69) is 41.7 Å². The van der Waals surface area contributed by atoms with Crippen LogP contribution in [-0.4, -0.2) is 43.6 Å². The summed E-state index contributed by atoms with van der Waals surface area (Å²) >= 11 is 0. The molecule has 1 aliphatic carbocycles. The SMILES string of the molecule is CC(CCN(C)C)NC(=NC1CCCC1)NN. The molecule has 17 heavy (non-hydrogen) atoms. The third-order valence-electron chi connectivity index (χ3n) is 3.17. The molecule has 0 aromatic heterocycles. The predicted molar refractivity (Wildman–Crippen MR) is 72.8 cm³/mol. The van der Waals surface area contributed by atoms with Gasteiger partial charge in [-0.3, -0.25) is 5.43 Å². The minimum absolute atomic E-state index is 0.383. The maximum Gasteiger partial charge on any atom is 0.206 e. The predicted octanol–water partition coefficient (Wildman–Crippen LogP) is 0.678. The molecule has 4 N–H and O–H groups in total. The van der Waals surface area contributed by atoms with E-state index in [4.69, 9.17) is 5.84 Å². The number of nitrogens with two attached hydrogens (primary N) is 1. The third kappa shape index (κ3) is 5.89. The minimum atomic E-state index is 0.383. The highest BCUT2D eigenvalue weighted by atomic mass is 15.3. The molecule has 5 heteroatoms. The fourth-order valence-electron chi connectivity index (χ4n) is 2.09. The quantitative estimate of drug-likeness (QED) is 0.287. The monoisotopic (exact) mass is 241 g/mol. The second-order valence-electron chi connectivity index (χ2n) is 5.20. The Morgan fingerprint density at radius 1 is 1.41 bits per heavy atom. The molecule has 1 aliphatic rings. The molecular formula is C12H27N5. The normalized spacial score (nSPS) is 19.7. The lowest BCUT2D eigenvalue weighted by Gasteiger charge is -2.19. The van der Waals surface area contributed by atoms with Crippen molar-refractivity contribution in [3.8, 4) is 0 Å². The Labute approximate surface area is 105 Å². The average molecular weight is 241 g/mol. The topological polar surface area (TPSA) is 65.7 Å². The van der Waals surface area contributed by atoms with Crippen molar-refractivity contribution in [3.05, 3.63) is 0 Å². The van der Waals surface area contributed by atoms with Crippen molar-refractivity contribution in [3.63, 3.8) is 0 Å². The number of nitrogens with one attached hydrogen (secondary N) is 2. The van der Waals surface area contributed by atoms with E-state index in [-0.39, 0.29) is 0 Å².